The van der Waals surface area contributed by atoms with E-state index in [-0.39, 0.29) is 5.91 Å². The van der Waals surface area contributed by atoms with Crippen LogP contribution in [-0.2, 0) is 15.6 Å². The van der Waals surface area contributed by atoms with Crippen LogP contribution < -0.4 is 4.74 Å². The molecule has 1 fully saturated rings. The molecule has 0 aliphatic carbocycles. The summed E-state index contributed by atoms with van der Waals surface area (Å²) in [6, 6.07) is 9.46. The average Bonchev–Trinajstić information content (AvgIpc) is 2.40. The Kier molecular flexibility index (Phi) is 4.75. The molecule has 1 aliphatic rings. The summed E-state index contributed by atoms with van der Waals surface area (Å²) >= 11 is 0. The van der Waals surface area contributed by atoms with Crippen LogP contribution in [0.25, 0.3) is 0 Å². The molecular formula is C13H17NO3S. The Hall–Kier alpha value is -1.36. The fourth-order valence-electron chi connectivity index (χ4n) is 1.82. The summed E-state index contributed by atoms with van der Waals surface area (Å²) in [5, 5.41) is 0. The van der Waals surface area contributed by atoms with Gasteiger partial charge in [-0.3, -0.25) is 9.00 Å². The number of benzene rings is 1. The van der Waals surface area contributed by atoms with Crippen molar-refractivity contribution in [2.24, 2.45) is 0 Å². The minimum absolute atomic E-state index is 0.0858. The lowest BCUT2D eigenvalue weighted by Crippen LogP contribution is -2.42. The molecule has 1 saturated heterocycles. The van der Waals surface area contributed by atoms with Crippen LogP contribution in [0, 0.1) is 0 Å². The number of nitrogens with zero attached hydrogens (tertiary/aromatic N) is 1. The standard InChI is InChI=1S/C13H17NO3S/c15-13(14-7-10-18(16)11-8-14)6-9-17-12-4-2-1-3-5-12/h1-5H,6-11H2. The zero-order chi connectivity index (χ0) is 12.8. The first-order chi connectivity index (χ1) is 8.75. The van der Waals surface area contributed by atoms with Crippen LogP contribution in [0.15, 0.2) is 30.3 Å². The van der Waals surface area contributed by atoms with Crippen molar-refractivity contribution in [3.05, 3.63) is 30.3 Å². The quantitative estimate of drug-likeness (QED) is 0.819. The van der Waals surface area contributed by atoms with E-state index in [1.807, 2.05) is 30.3 Å². The van der Waals surface area contributed by atoms with Gasteiger partial charge in [0.2, 0.25) is 5.91 Å². The van der Waals surface area contributed by atoms with Crippen LogP contribution in [0.5, 0.6) is 5.75 Å². The number of para-hydroxylation sites is 1. The van der Waals surface area contributed by atoms with Gasteiger partial charge in [0, 0.05) is 35.4 Å². The fraction of sp³-hybridized carbons (Fsp3) is 0.462. The van der Waals surface area contributed by atoms with Gasteiger partial charge in [0.05, 0.1) is 13.0 Å². The molecule has 98 valence electrons. The first kappa shape index (κ1) is 13.1. The number of hydrogen-bond donors (Lipinski definition) is 0. The number of rotatable bonds is 4. The van der Waals surface area contributed by atoms with E-state index in [4.69, 9.17) is 4.74 Å². The van der Waals surface area contributed by atoms with Crippen molar-refractivity contribution in [2.75, 3.05) is 31.2 Å². The van der Waals surface area contributed by atoms with Crippen molar-refractivity contribution in [3.63, 3.8) is 0 Å². The van der Waals surface area contributed by atoms with Gasteiger partial charge < -0.3 is 9.64 Å². The molecule has 1 aliphatic heterocycles. The minimum Gasteiger partial charge on any atom is -0.493 e. The maximum absolute atomic E-state index is 11.8. The zero-order valence-corrected chi connectivity index (χ0v) is 11.0. The molecule has 0 bridgehead atoms. The highest BCUT2D eigenvalue weighted by Crippen LogP contribution is 2.09. The highest BCUT2D eigenvalue weighted by atomic mass is 32.2. The Morgan fingerprint density at radius 2 is 1.89 bits per heavy atom. The van der Waals surface area contributed by atoms with E-state index in [2.05, 4.69) is 0 Å². The second-order valence-corrected chi connectivity index (χ2v) is 5.84. The maximum atomic E-state index is 11.8. The molecule has 0 aromatic heterocycles. The van der Waals surface area contributed by atoms with E-state index in [1.54, 1.807) is 4.90 Å². The third kappa shape index (κ3) is 3.84. The molecule has 0 N–H and O–H groups in total. The largest absolute Gasteiger partial charge is 0.493 e. The summed E-state index contributed by atoms with van der Waals surface area (Å²) in [5.74, 6) is 2.07. The topological polar surface area (TPSA) is 46.6 Å². The maximum Gasteiger partial charge on any atom is 0.226 e. The number of hydrogen-bond acceptors (Lipinski definition) is 3. The second kappa shape index (κ2) is 6.54. The van der Waals surface area contributed by atoms with E-state index in [1.165, 1.54) is 0 Å². The van der Waals surface area contributed by atoms with Gasteiger partial charge in [0.25, 0.3) is 0 Å². The van der Waals surface area contributed by atoms with Gasteiger partial charge in [0.15, 0.2) is 0 Å². The molecule has 2 rings (SSSR count). The van der Waals surface area contributed by atoms with Gasteiger partial charge in [-0.1, -0.05) is 18.2 Å². The van der Waals surface area contributed by atoms with Crippen LogP contribution in [0.3, 0.4) is 0 Å². The molecule has 0 atom stereocenters. The highest BCUT2D eigenvalue weighted by molar-refractivity contribution is 7.85. The molecular weight excluding hydrogens is 250 g/mol. The summed E-state index contributed by atoms with van der Waals surface area (Å²) in [5.41, 5.74) is 0. The third-order valence-electron chi connectivity index (χ3n) is 2.86. The number of carbonyl (C=O) groups excluding carboxylic acids is 1. The molecule has 1 heterocycles. The zero-order valence-electron chi connectivity index (χ0n) is 10.2. The molecule has 0 saturated carbocycles. The number of ether oxygens (including phenoxy) is 1. The van der Waals surface area contributed by atoms with E-state index in [9.17, 15) is 9.00 Å². The Morgan fingerprint density at radius 1 is 1.22 bits per heavy atom. The van der Waals surface area contributed by atoms with Crippen molar-refractivity contribution in [1.29, 1.82) is 0 Å². The first-order valence-corrected chi connectivity index (χ1v) is 7.55. The third-order valence-corrected chi connectivity index (χ3v) is 4.13. The Morgan fingerprint density at radius 3 is 2.56 bits per heavy atom. The van der Waals surface area contributed by atoms with Crippen LogP contribution in [0.2, 0.25) is 0 Å². The van der Waals surface area contributed by atoms with Crippen molar-refractivity contribution in [1.82, 2.24) is 4.90 Å². The molecule has 1 aromatic carbocycles. The Balaban J connectivity index is 1.70. The molecule has 0 spiro atoms. The lowest BCUT2D eigenvalue weighted by molar-refractivity contribution is -0.131. The minimum atomic E-state index is -0.738. The number of carbonyl (C=O) groups is 1. The fourth-order valence-corrected chi connectivity index (χ4v) is 2.87. The molecule has 18 heavy (non-hydrogen) atoms. The van der Waals surface area contributed by atoms with Gasteiger partial charge in [-0.25, -0.2) is 0 Å². The Labute approximate surface area is 109 Å². The van der Waals surface area contributed by atoms with E-state index >= 15 is 0 Å². The monoisotopic (exact) mass is 267 g/mol. The average molecular weight is 267 g/mol. The van der Waals surface area contributed by atoms with Gasteiger partial charge in [-0.15, -0.1) is 0 Å². The van der Waals surface area contributed by atoms with Crippen LogP contribution in [-0.4, -0.2) is 46.2 Å². The van der Waals surface area contributed by atoms with Gasteiger partial charge >= 0.3 is 0 Å². The lowest BCUT2D eigenvalue weighted by Gasteiger charge is -2.26. The van der Waals surface area contributed by atoms with Gasteiger partial charge in [-0.05, 0) is 12.1 Å². The second-order valence-electron chi connectivity index (χ2n) is 4.14. The molecule has 4 nitrogen and oxygen atoms in total. The first-order valence-electron chi connectivity index (χ1n) is 6.06. The number of amides is 1. The summed E-state index contributed by atoms with van der Waals surface area (Å²) in [6.45, 7) is 1.61. The predicted molar refractivity (Wildman–Crippen MR) is 71.0 cm³/mol. The van der Waals surface area contributed by atoms with Crippen LogP contribution in [0.1, 0.15) is 6.42 Å². The van der Waals surface area contributed by atoms with Crippen molar-refractivity contribution in [2.45, 2.75) is 6.42 Å². The SMILES string of the molecule is O=C(CCOc1ccccc1)N1CCS(=O)CC1. The normalized spacial score (nSPS) is 16.6. The van der Waals surface area contributed by atoms with Crippen LogP contribution in [0.4, 0.5) is 0 Å². The van der Waals surface area contributed by atoms with Gasteiger partial charge in [0.1, 0.15) is 5.75 Å². The van der Waals surface area contributed by atoms with Crippen molar-refractivity contribution >= 4 is 16.7 Å². The highest BCUT2D eigenvalue weighted by Gasteiger charge is 2.19. The van der Waals surface area contributed by atoms with Crippen molar-refractivity contribution in [3.8, 4) is 5.75 Å². The van der Waals surface area contributed by atoms with Crippen LogP contribution >= 0.6 is 0 Å². The smallest absolute Gasteiger partial charge is 0.226 e. The molecule has 0 unspecified atom stereocenters. The summed E-state index contributed by atoms with van der Waals surface area (Å²) < 4.78 is 16.7. The molecule has 1 aromatic rings. The predicted octanol–water partition coefficient (Wildman–Crippen LogP) is 1.05. The van der Waals surface area contributed by atoms with E-state index in [0.29, 0.717) is 37.6 Å². The Bertz CT molecular complexity index is 412. The summed E-state index contributed by atoms with van der Waals surface area (Å²) in [6.07, 6.45) is 0.377. The molecule has 5 heteroatoms. The summed E-state index contributed by atoms with van der Waals surface area (Å²) in [7, 11) is -0.738. The summed E-state index contributed by atoms with van der Waals surface area (Å²) in [4.78, 5) is 13.6. The van der Waals surface area contributed by atoms with E-state index < -0.39 is 10.8 Å². The molecule has 0 radical (unpaired) electrons. The molecule has 1 amide bonds. The van der Waals surface area contributed by atoms with E-state index in [0.717, 1.165) is 5.75 Å². The lowest BCUT2D eigenvalue weighted by atomic mass is 10.3. The van der Waals surface area contributed by atoms with Gasteiger partial charge in [-0.2, -0.15) is 0 Å². The van der Waals surface area contributed by atoms with Crippen molar-refractivity contribution < 1.29 is 13.7 Å².